The molecule has 0 saturated heterocycles. The molecule has 4 rings (SSSR count). The first-order valence-electron chi connectivity index (χ1n) is 10.9. The molecule has 2 aromatic heterocycles. The van der Waals surface area contributed by atoms with E-state index >= 15 is 0 Å². The minimum Gasteiger partial charge on any atom is -0.198 e. The number of nitrogens with zero attached hydrogens (tertiary/aromatic N) is 2. The van der Waals surface area contributed by atoms with E-state index in [1.165, 1.54) is 22.3 Å². The molecule has 2 unspecified atom stereocenters. The number of rotatable bonds is 7. The second-order valence-electron chi connectivity index (χ2n) is 7.74. The fourth-order valence-corrected chi connectivity index (χ4v) is 4.26. The van der Waals surface area contributed by atoms with Crippen molar-refractivity contribution >= 4 is 0 Å². The average Bonchev–Trinajstić information content (AvgIpc) is 2.82. The monoisotopic (exact) mass is 394 g/mol. The molecule has 2 atom stereocenters. The first kappa shape index (κ1) is 20.0. The Morgan fingerprint density at radius 3 is 1.13 bits per heavy atom. The van der Waals surface area contributed by atoms with Gasteiger partial charge < -0.3 is 0 Å². The van der Waals surface area contributed by atoms with Crippen LogP contribution < -0.4 is 9.13 Å². The molecule has 4 aromatic rings. The third kappa shape index (κ3) is 4.33. The molecule has 2 nitrogen and oxygen atoms in total. The molecule has 30 heavy (non-hydrogen) atoms. The predicted molar refractivity (Wildman–Crippen MR) is 122 cm³/mol. The van der Waals surface area contributed by atoms with Crippen LogP contribution in [0.3, 0.4) is 0 Å². The van der Waals surface area contributed by atoms with Gasteiger partial charge >= 0.3 is 0 Å². The van der Waals surface area contributed by atoms with Gasteiger partial charge in [-0.2, -0.15) is 9.13 Å². The van der Waals surface area contributed by atoms with Crippen molar-refractivity contribution in [2.45, 2.75) is 38.8 Å². The zero-order valence-corrected chi connectivity index (χ0v) is 17.9. The van der Waals surface area contributed by atoms with Gasteiger partial charge in [-0.3, -0.25) is 0 Å². The summed E-state index contributed by atoms with van der Waals surface area (Å²) in [6.07, 6.45) is 11.0. The Labute approximate surface area is 180 Å². The molecule has 0 aliphatic carbocycles. The lowest BCUT2D eigenvalue weighted by molar-refractivity contribution is -0.714. The van der Waals surface area contributed by atoms with Crippen LogP contribution in [0, 0.1) is 0 Å². The van der Waals surface area contributed by atoms with Crippen LogP contribution in [0.25, 0.3) is 11.1 Å². The van der Waals surface area contributed by atoms with Crippen molar-refractivity contribution in [1.82, 2.24) is 0 Å². The minimum absolute atomic E-state index is 0.370. The second-order valence-corrected chi connectivity index (χ2v) is 7.74. The third-order valence-corrected chi connectivity index (χ3v) is 5.90. The normalized spacial score (nSPS) is 13.0. The Hall–Kier alpha value is -3.26. The molecule has 0 N–H and O–H groups in total. The zero-order valence-electron chi connectivity index (χ0n) is 17.9. The molecule has 0 aliphatic heterocycles. The summed E-state index contributed by atoms with van der Waals surface area (Å²) in [5.74, 6) is 0. The second kappa shape index (κ2) is 9.49. The van der Waals surface area contributed by atoms with E-state index in [-0.39, 0.29) is 0 Å². The summed E-state index contributed by atoms with van der Waals surface area (Å²) < 4.78 is 4.62. The van der Waals surface area contributed by atoms with Crippen molar-refractivity contribution in [2.75, 3.05) is 0 Å². The maximum Gasteiger partial charge on any atom is 0.183 e. The van der Waals surface area contributed by atoms with E-state index in [9.17, 15) is 0 Å². The van der Waals surface area contributed by atoms with Crippen LogP contribution in [0.4, 0.5) is 0 Å². The summed E-state index contributed by atoms with van der Waals surface area (Å²) in [5.41, 5.74) is 5.19. The lowest BCUT2D eigenvalue weighted by Crippen LogP contribution is -2.39. The molecule has 2 heteroatoms. The van der Waals surface area contributed by atoms with Crippen molar-refractivity contribution in [2.24, 2.45) is 0 Å². The van der Waals surface area contributed by atoms with Crippen LogP contribution in [0.2, 0.25) is 0 Å². The Balaban J connectivity index is 1.55. The maximum absolute atomic E-state index is 2.31. The molecule has 2 aromatic carbocycles. The van der Waals surface area contributed by atoms with E-state index in [2.05, 4.69) is 133 Å². The molecule has 0 fully saturated rings. The molecular formula is C28H30N2+2. The summed E-state index contributed by atoms with van der Waals surface area (Å²) in [6.45, 7) is 4.48. The van der Waals surface area contributed by atoms with Gasteiger partial charge in [0.15, 0.2) is 36.9 Å². The Morgan fingerprint density at radius 1 is 0.500 bits per heavy atom. The van der Waals surface area contributed by atoms with Gasteiger partial charge in [-0.15, -0.1) is 0 Å². The molecule has 0 aliphatic rings. The predicted octanol–water partition coefficient (Wildman–Crippen LogP) is 5.93. The summed E-state index contributed by atoms with van der Waals surface area (Å²) in [6, 6.07) is 31.1. The highest BCUT2D eigenvalue weighted by atomic mass is 15.0. The van der Waals surface area contributed by atoms with Gasteiger partial charge in [0, 0.05) is 48.2 Å². The molecule has 2 heterocycles. The van der Waals surface area contributed by atoms with Gasteiger partial charge in [-0.05, 0) is 11.1 Å². The van der Waals surface area contributed by atoms with Gasteiger partial charge in [0.1, 0.15) is 0 Å². The van der Waals surface area contributed by atoms with Crippen molar-refractivity contribution in [3.63, 3.8) is 0 Å². The third-order valence-electron chi connectivity index (χ3n) is 5.90. The SMILES string of the molecule is CCC(c1ccccc1)[n+]1ccc(-c2cc[n+](C(CC)c3ccccc3)cc2)cc1. The van der Waals surface area contributed by atoms with Crippen LogP contribution in [-0.2, 0) is 0 Å². The van der Waals surface area contributed by atoms with Gasteiger partial charge in [0.2, 0.25) is 0 Å². The summed E-state index contributed by atoms with van der Waals surface area (Å²) in [4.78, 5) is 0. The Kier molecular flexibility index (Phi) is 6.34. The van der Waals surface area contributed by atoms with Crippen molar-refractivity contribution in [3.8, 4) is 11.1 Å². The number of benzene rings is 2. The molecule has 150 valence electrons. The highest BCUT2D eigenvalue weighted by Crippen LogP contribution is 2.21. The number of aromatic nitrogens is 2. The first-order chi connectivity index (χ1) is 14.8. The quantitative estimate of drug-likeness (QED) is 0.343. The van der Waals surface area contributed by atoms with Crippen LogP contribution in [0.15, 0.2) is 110 Å². The maximum atomic E-state index is 2.31. The van der Waals surface area contributed by atoms with Crippen molar-refractivity contribution in [1.29, 1.82) is 0 Å². The summed E-state index contributed by atoms with van der Waals surface area (Å²) in [5, 5.41) is 0. The molecular weight excluding hydrogens is 364 g/mol. The zero-order chi connectivity index (χ0) is 20.8. The molecule has 0 amide bonds. The van der Waals surface area contributed by atoms with E-state index in [4.69, 9.17) is 0 Å². The highest BCUT2D eigenvalue weighted by Gasteiger charge is 2.20. The van der Waals surface area contributed by atoms with E-state index in [1.54, 1.807) is 0 Å². The minimum atomic E-state index is 0.370. The van der Waals surface area contributed by atoms with Crippen molar-refractivity contribution < 1.29 is 9.13 Å². The molecule has 0 saturated carbocycles. The van der Waals surface area contributed by atoms with Gasteiger partial charge in [0.05, 0.1) is 0 Å². The van der Waals surface area contributed by atoms with Gasteiger partial charge in [0.25, 0.3) is 0 Å². The molecule has 0 bridgehead atoms. The summed E-state index contributed by atoms with van der Waals surface area (Å²) >= 11 is 0. The number of hydrogen-bond acceptors (Lipinski definition) is 0. The average molecular weight is 395 g/mol. The van der Waals surface area contributed by atoms with E-state index < -0.39 is 0 Å². The molecule has 0 spiro atoms. The van der Waals surface area contributed by atoms with Gasteiger partial charge in [-0.25, -0.2) is 0 Å². The largest absolute Gasteiger partial charge is 0.198 e. The summed E-state index contributed by atoms with van der Waals surface area (Å²) in [7, 11) is 0. The highest BCUT2D eigenvalue weighted by molar-refractivity contribution is 5.61. The number of hydrogen-bond donors (Lipinski definition) is 0. The van der Waals surface area contributed by atoms with E-state index in [1.807, 2.05) is 0 Å². The topological polar surface area (TPSA) is 7.76 Å². The Bertz CT molecular complexity index is 950. The van der Waals surface area contributed by atoms with E-state index in [0.717, 1.165) is 12.8 Å². The smallest absolute Gasteiger partial charge is 0.183 e. The van der Waals surface area contributed by atoms with Crippen LogP contribution in [-0.4, -0.2) is 0 Å². The van der Waals surface area contributed by atoms with Gasteiger partial charge in [-0.1, -0.05) is 74.5 Å². The van der Waals surface area contributed by atoms with Crippen LogP contribution in [0.1, 0.15) is 49.9 Å². The van der Waals surface area contributed by atoms with Crippen LogP contribution >= 0.6 is 0 Å². The lowest BCUT2D eigenvalue weighted by Gasteiger charge is -2.12. The fraction of sp³-hybridized carbons (Fsp3) is 0.214. The lowest BCUT2D eigenvalue weighted by atomic mass is 10.0. The molecule has 0 radical (unpaired) electrons. The number of pyridine rings is 2. The standard InChI is InChI=1S/C28H30N2/c1-3-27(25-11-7-5-8-12-25)29-19-15-23(16-20-29)24-17-21-30(22-18-24)28(4-2)26-13-9-6-10-14-26/h5-22,27-28H,3-4H2,1-2H3/q+2. The van der Waals surface area contributed by atoms with Crippen LogP contribution in [0.5, 0.6) is 0 Å². The van der Waals surface area contributed by atoms with Crippen molar-refractivity contribution in [3.05, 3.63) is 121 Å². The first-order valence-corrected chi connectivity index (χ1v) is 10.9. The Morgan fingerprint density at radius 2 is 0.833 bits per heavy atom. The van der Waals surface area contributed by atoms with E-state index in [0.29, 0.717) is 12.1 Å². The fourth-order valence-electron chi connectivity index (χ4n) is 4.26.